The first-order valence-corrected chi connectivity index (χ1v) is 8.86. The summed E-state index contributed by atoms with van der Waals surface area (Å²) in [4.78, 5) is 14.1. The molecule has 1 aliphatic heterocycles. The molecule has 1 heterocycles. The lowest BCUT2D eigenvalue weighted by Crippen LogP contribution is -2.30. The van der Waals surface area contributed by atoms with Crippen molar-refractivity contribution in [2.45, 2.75) is 31.7 Å². The van der Waals surface area contributed by atoms with Crippen molar-refractivity contribution in [3.63, 3.8) is 0 Å². The molecule has 0 aliphatic carbocycles. The second-order valence-electron chi connectivity index (χ2n) is 5.63. The Morgan fingerprint density at radius 1 is 1.30 bits per heavy atom. The molecule has 2 rings (SSSR count). The summed E-state index contributed by atoms with van der Waals surface area (Å²) in [5.74, 6) is 2.20. The summed E-state index contributed by atoms with van der Waals surface area (Å²) in [7, 11) is 3.28. The largest absolute Gasteiger partial charge is 0.497 e. The van der Waals surface area contributed by atoms with Gasteiger partial charge in [-0.05, 0) is 38.5 Å². The summed E-state index contributed by atoms with van der Waals surface area (Å²) in [6, 6.07) is 5.70. The molecule has 23 heavy (non-hydrogen) atoms. The van der Waals surface area contributed by atoms with Crippen molar-refractivity contribution < 1.29 is 19.0 Å². The summed E-state index contributed by atoms with van der Waals surface area (Å²) >= 11 is 1.62. The van der Waals surface area contributed by atoms with Gasteiger partial charge < -0.3 is 19.1 Å². The van der Waals surface area contributed by atoms with Gasteiger partial charge in [0.05, 0.1) is 26.1 Å². The molecule has 1 amide bonds. The van der Waals surface area contributed by atoms with Crippen molar-refractivity contribution in [2.75, 3.05) is 33.1 Å². The fourth-order valence-electron chi connectivity index (χ4n) is 2.54. The van der Waals surface area contributed by atoms with Gasteiger partial charge in [0.2, 0.25) is 5.91 Å². The number of benzene rings is 1. The van der Waals surface area contributed by atoms with Crippen molar-refractivity contribution >= 4 is 17.7 Å². The molecule has 0 saturated carbocycles. The normalized spacial score (nSPS) is 17.9. The molecule has 0 bridgehead atoms. The summed E-state index contributed by atoms with van der Waals surface area (Å²) in [6.45, 7) is 5.37. The molecule has 1 atom stereocenters. The van der Waals surface area contributed by atoms with E-state index < -0.39 is 0 Å². The Hall–Kier alpha value is -1.40. The maximum Gasteiger partial charge on any atom is 0.233 e. The van der Waals surface area contributed by atoms with Crippen molar-refractivity contribution in [3.8, 4) is 11.5 Å². The van der Waals surface area contributed by atoms with Gasteiger partial charge in [-0.15, -0.1) is 11.8 Å². The quantitative estimate of drug-likeness (QED) is 0.681. The van der Waals surface area contributed by atoms with E-state index >= 15 is 0 Å². The highest BCUT2D eigenvalue weighted by Gasteiger charge is 2.34. The van der Waals surface area contributed by atoms with Crippen LogP contribution in [0.2, 0.25) is 0 Å². The third kappa shape index (κ3) is 4.54. The number of carbonyl (C=O) groups excluding carboxylic acids is 1. The minimum absolute atomic E-state index is 0.0356. The van der Waals surface area contributed by atoms with E-state index in [0.717, 1.165) is 23.5 Å². The van der Waals surface area contributed by atoms with Gasteiger partial charge in [-0.2, -0.15) is 0 Å². The first kappa shape index (κ1) is 17.9. The Kier molecular flexibility index (Phi) is 6.59. The van der Waals surface area contributed by atoms with Crippen LogP contribution in [0.5, 0.6) is 11.5 Å². The zero-order valence-corrected chi connectivity index (χ0v) is 15.0. The predicted octanol–water partition coefficient (Wildman–Crippen LogP) is 3.09. The van der Waals surface area contributed by atoms with Crippen molar-refractivity contribution in [3.05, 3.63) is 23.8 Å². The van der Waals surface area contributed by atoms with Crippen LogP contribution >= 0.6 is 11.8 Å². The fourth-order valence-corrected chi connectivity index (χ4v) is 3.77. The Labute approximate surface area is 142 Å². The van der Waals surface area contributed by atoms with E-state index in [2.05, 4.69) is 0 Å². The number of ether oxygens (including phenoxy) is 3. The number of amides is 1. The molecule has 5 nitrogen and oxygen atoms in total. The number of rotatable bonds is 8. The topological polar surface area (TPSA) is 48.0 Å². The molecule has 1 aromatic rings. The number of hydrogen-bond donors (Lipinski definition) is 0. The van der Waals surface area contributed by atoms with Crippen LogP contribution in [0.1, 0.15) is 31.2 Å². The molecule has 0 aromatic heterocycles. The van der Waals surface area contributed by atoms with E-state index in [4.69, 9.17) is 14.2 Å². The average Bonchev–Trinajstić information content (AvgIpc) is 2.91. The van der Waals surface area contributed by atoms with Gasteiger partial charge in [-0.1, -0.05) is 0 Å². The van der Waals surface area contributed by atoms with Crippen molar-refractivity contribution in [1.29, 1.82) is 0 Å². The molecule has 1 unspecified atom stereocenters. The van der Waals surface area contributed by atoms with E-state index in [0.29, 0.717) is 18.9 Å². The van der Waals surface area contributed by atoms with Crippen LogP contribution in [0.3, 0.4) is 0 Å². The third-order valence-corrected chi connectivity index (χ3v) is 4.90. The van der Waals surface area contributed by atoms with Gasteiger partial charge in [-0.3, -0.25) is 4.79 Å². The second-order valence-corrected chi connectivity index (χ2v) is 6.70. The highest BCUT2D eigenvalue weighted by atomic mass is 32.2. The molecule has 128 valence electrons. The van der Waals surface area contributed by atoms with Crippen molar-refractivity contribution in [2.24, 2.45) is 0 Å². The van der Waals surface area contributed by atoms with E-state index in [1.54, 1.807) is 26.0 Å². The molecular weight excluding hydrogens is 314 g/mol. The number of carbonyl (C=O) groups is 1. The van der Waals surface area contributed by atoms with Gasteiger partial charge >= 0.3 is 0 Å². The first-order valence-electron chi connectivity index (χ1n) is 7.81. The molecule has 6 heteroatoms. The van der Waals surface area contributed by atoms with Crippen LogP contribution < -0.4 is 9.47 Å². The van der Waals surface area contributed by atoms with E-state index in [1.807, 2.05) is 36.9 Å². The second kappa shape index (κ2) is 8.45. The Morgan fingerprint density at radius 3 is 2.74 bits per heavy atom. The molecular formula is C17H25NO4S. The van der Waals surface area contributed by atoms with Crippen LogP contribution in [-0.4, -0.2) is 50.0 Å². The summed E-state index contributed by atoms with van der Waals surface area (Å²) in [5, 5.41) is -0.0356. The number of thioether (sulfide) groups is 1. The summed E-state index contributed by atoms with van der Waals surface area (Å²) in [5.41, 5.74) is 0.979. The van der Waals surface area contributed by atoms with Gasteiger partial charge in [0.15, 0.2) is 0 Å². The number of nitrogens with zero attached hydrogens (tertiary/aromatic N) is 1. The summed E-state index contributed by atoms with van der Waals surface area (Å²) in [6.07, 6.45) is 1.04. The van der Waals surface area contributed by atoms with Gasteiger partial charge in [0, 0.05) is 18.7 Å². The predicted molar refractivity (Wildman–Crippen MR) is 92.2 cm³/mol. The van der Waals surface area contributed by atoms with E-state index in [9.17, 15) is 4.79 Å². The third-order valence-electron chi connectivity index (χ3n) is 3.67. The van der Waals surface area contributed by atoms with E-state index in [1.165, 1.54) is 0 Å². The maximum absolute atomic E-state index is 12.2. The van der Waals surface area contributed by atoms with Crippen LogP contribution in [-0.2, 0) is 9.53 Å². The first-order chi connectivity index (χ1) is 11.1. The SMILES string of the molecule is COc1ccc(OC)c(C2SCC(=O)N2CCCOC(C)C)c1. The minimum atomic E-state index is -0.0356. The number of hydrogen-bond acceptors (Lipinski definition) is 5. The lowest BCUT2D eigenvalue weighted by atomic mass is 10.1. The monoisotopic (exact) mass is 339 g/mol. The van der Waals surface area contributed by atoms with Crippen LogP contribution in [0.25, 0.3) is 0 Å². The molecule has 0 spiro atoms. The molecule has 1 saturated heterocycles. The molecule has 1 aliphatic rings. The van der Waals surface area contributed by atoms with E-state index in [-0.39, 0.29) is 17.4 Å². The fraction of sp³-hybridized carbons (Fsp3) is 0.588. The maximum atomic E-state index is 12.2. The molecule has 1 fully saturated rings. The lowest BCUT2D eigenvalue weighted by molar-refractivity contribution is -0.128. The zero-order chi connectivity index (χ0) is 16.8. The standard InChI is InChI=1S/C17H25NO4S/c1-12(2)22-9-5-8-18-16(19)11-23-17(18)14-10-13(20-3)6-7-15(14)21-4/h6-7,10,12,17H,5,8-9,11H2,1-4H3. The lowest BCUT2D eigenvalue weighted by Gasteiger charge is -2.26. The Morgan fingerprint density at radius 2 is 2.09 bits per heavy atom. The van der Waals surface area contributed by atoms with Gasteiger partial charge in [0.1, 0.15) is 16.9 Å². The Bertz CT molecular complexity index is 535. The van der Waals surface area contributed by atoms with Gasteiger partial charge in [-0.25, -0.2) is 0 Å². The van der Waals surface area contributed by atoms with Crippen molar-refractivity contribution in [1.82, 2.24) is 4.90 Å². The Balaban J connectivity index is 2.12. The molecule has 0 radical (unpaired) electrons. The molecule has 1 aromatic carbocycles. The highest BCUT2D eigenvalue weighted by Crippen LogP contribution is 2.43. The van der Waals surface area contributed by atoms with Crippen LogP contribution in [0.15, 0.2) is 18.2 Å². The number of methoxy groups -OCH3 is 2. The highest BCUT2D eigenvalue weighted by molar-refractivity contribution is 8.00. The summed E-state index contributed by atoms with van der Waals surface area (Å²) < 4.78 is 16.3. The zero-order valence-electron chi connectivity index (χ0n) is 14.2. The van der Waals surface area contributed by atoms with Crippen LogP contribution in [0.4, 0.5) is 0 Å². The minimum Gasteiger partial charge on any atom is -0.497 e. The van der Waals surface area contributed by atoms with Crippen LogP contribution in [0, 0.1) is 0 Å². The smallest absolute Gasteiger partial charge is 0.233 e. The average molecular weight is 339 g/mol. The molecule has 0 N–H and O–H groups in total. The van der Waals surface area contributed by atoms with Gasteiger partial charge in [0.25, 0.3) is 0 Å².